The second-order valence-electron chi connectivity index (χ2n) is 3.34. The summed E-state index contributed by atoms with van der Waals surface area (Å²) in [7, 11) is 0. The van der Waals surface area contributed by atoms with E-state index in [0.717, 1.165) is 23.1 Å². The van der Waals surface area contributed by atoms with Gasteiger partial charge < -0.3 is 15.6 Å². The second-order valence-corrected chi connectivity index (χ2v) is 3.34. The first kappa shape index (κ1) is 9.02. The zero-order valence-corrected chi connectivity index (χ0v) is 7.56. The van der Waals surface area contributed by atoms with Crippen molar-refractivity contribution in [2.45, 2.75) is 18.9 Å². The van der Waals surface area contributed by atoms with E-state index in [1.807, 2.05) is 0 Å². The van der Waals surface area contributed by atoms with Crippen LogP contribution < -0.4 is 5.73 Å². The number of carboxylic acids is 1. The van der Waals surface area contributed by atoms with E-state index in [4.69, 9.17) is 15.6 Å². The molecular formula is C10H11NO3. The molecule has 0 bridgehead atoms. The molecule has 0 spiro atoms. The van der Waals surface area contributed by atoms with E-state index >= 15 is 0 Å². The summed E-state index contributed by atoms with van der Waals surface area (Å²) in [6, 6.07) is -0.890. The Morgan fingerprint density at radius 1 is 1.57 bits per heavy atom. The molecule has 0 fully saturated rings. The van der Waals surface area contributed by atoms with Gasteiger partial charge in [-0.25, -0.2) is 0 Å². The molecule has 0 saturated carbocycles. The van der Waals surface area contributed by atoms with Gasteiger partial charge in [0.25, 0.3) is 0 Å². The maximum absolute atomic E-state index is 10.7. The highest BCUT2D eigenvalue weighted by molar-refractivity contribution is 5.78. The van der Waals surface area contributed by atoms with E-state index in [1.165, 1.54) is 0 Å². The second kappa shape index (κ2) is 3.31. The molecule has 4 heteroatoms. The van der Waals surface area contributed by atoms with Gasteiger partial charge in [0.15, 0.2) is 0 Å². The molecule has 2 rings (SSSR count). The Labute approximate surface area is 81.4 Å². The number of hydrogen-bond acceptors (Lipinski definition) is 3. The lowest BCUT2D eigenvalue weighted by molar-refractivity contribution is -0.137. The molecule has 1 aliphatic carbocycles. The van der Waals surface area contributed by atoms with Crippen molar-refractivity contribution in [2.24, 2.45) is 5.73 Å². The summed E-state index contributed by atoms with van der Waals surface area (Å²) in [5.74, 6) is -0.978. The highest BCUT2D eigenvalue weighted by Crippen LogP contribution is 2.35. The summed E-state index contributed by atoms with van der Waals surface area (Å²) in [4.78, 5) is 10.7. The van der Waals surface area contributed by atoms with Crippen molar-refractivity contribution in [1.29, 1.82) is 0 Å². The van der Waals surface area contributed by atoms with Gasteiger partial charge in [-0.3, -0.25) is 4.79 Å². The van der Waals surface area contributed by atoms with E-state index < -0.39 is 12.0 Å². The number of hydrogen-bond donors (Lipinski definition) is 2. The molecule has 0 saturated heterocycles. The van der Waals surface area contributed by atoms with Crippen LogP contribution in [-0.4, -0.2) is 17.1 Å². The smallest absolute Gasteiger partial charge is 0.324 e. The molecule has 0 aromatic heterocycles. The molecule has 2 aliphatic rings. The minimum absolute atomic E-state index is 0.711. The molecule has 1 atom stereocenters. The average molecular weight is 193 g/mol. The SMILES string of the molecule is NC(C(=O)O)C1=C2C=COC=C2CC1. The topological polar surface area (TPSA) is 72.6 Å². The quantitative estimate of drug-likeness (QED) is 0.683. The molecule has 3 N–H and O–H groups in total. The fourth-order valence-corrected chi connectivity index (χ4v) is 1.78. The van der Waals surface area contributed by atoms with Gasteiger partial charge in [-0.05, 0) is 35.6 Å². The van der Waals surface area contributed by atoms with E-state index in [9.17, 15) is 4.79 Å². The molecule has 0 aromatic rings. The van der Waals surface area contributed by atoms with Crippen molar-refractivity contribution in [1.82, 2.24) is 0 Å². The molecular weight excluding hydrogens is 182 g/mol. The van der Waals surface area contributed by atoms with Crippen molar-refractivity contribution in [3.8, 4) is 0 Å². The Morgan fingerprint density at radius 2 is 2.36 bits per heavy atom. The number of carbonyl (C=O) groups is 1. The average Bonchev–Trinajstić information content (AvgIpc) is 2.60. The van der Waals surface area contributed by atoms with Gasteiger partial charge in [-0.2, -0.15) is 0 Å². The van der Waals surface area contributed by atoms with E-state index in [0.29, 0.717) is 6.42 Å². The molecule has 1 aliphatic heterocycles. The summed E-state index contributed by atoms with van der Waals surface area (Å²) < 4.78 is 5.01. The van der Waals surface area contributed by atoms with E-state index in [-0.39, 0.29) is 0 Å². The number of fused-ring (bicyclic) bond motifs is 1. The lowest BCUT2D eigenvalue weighted by Gasteiger charge is -2.10. The van der Waals surface area contributed by atoms with Crippen LogP contribution >= 0.6 is 0 Å². The first-order valence-corrected chi connectivity index (χ1v) is 4.43. The number of nitrogens with two attached hydrogens (primary N) is 1. The fourth-order valence-electron chi connectivity index (χ4n) is 1.78. The normalized spacial score (nSPS) is 21.4. The van der Waals surface area contributed by atoms with Crippen LogP contribution in [0.3, 0.4) is 0 Å². The standard InChI is InChI=1S/C10H11NO3/c11-9(10(12)13)8-2-1-6-5-14-4-3-7(6)8/h3-5,9H,1-2,11H2,(H,12,13). The van der Waals surface area contributed by atoms with Crippen LogP contribution in [0.5, 0.6) is 0 Å². The van der Waals surface area contributed by atoms with Crippen molar-refractivity contribution in [3.05, 3.63) is 35.3 Å². The summed E-state index contributed by atoms with van der Waals surface area (Å²) in [5, 5.41) is 8.80. The minimum Gasteiger partial charge on any atom is -0.480 e. The van der Waals surface area contributed by atoms with Crippen LogP contribution in [-0.2, 0) is 9.53 Å². The van der Waals surface area contributed by atoms with Crippen molar-refractivity contribution >= 4 is 5.97 Å². The van der Waals surface area contributed by atoms with Crippen LogP contribution in [0.25, 0.3) is 0 Å². The fraction of sp³-hybridized carbons (Fsp3) is 0.300. The first-order valence-electron chi connectivity index (χ1n) is 4.43. The Kier molecular flexibility index (Phi) is 2.13. The molecule has 14 heavy (non-hydrogen) atoms. The zero-order valence-electron chi connectivity index (χ0n) is 7.56. The van der Waals surface area contributed by atoms with Crippen molar-refractivity contribution in [2.75, 3.05) is 0 Å². The van der Waals surface area contributed by atoms with Crippen LogP contribution in [0, 0.1) is 0 Å². The number of aliphatic carboxylic acids is 1. The maximum atomic E-state index is 10.7. The zero-order chi connectivity index (χ0) is 10.1. The molecule has 4 nitrogen and oxygen atoms in total. The third-order valence-electron chi connectivity index (χ3n) is 2.52. The van der Waals surface area contributed by atoms with Gasteiger partial charge in [-0.1, -0.05) is 0 Å². The van der Waals surface area contributed by atoms with Crippen molar-refractivity contribution < 1.29 is 14.6 Å². The third-order valence-corrected chi connectivity index (χ3v) is 2.52. The molecule has 1 heterocycles. The van der Waals surface area contributed by atoms with E-state index in [2.05, 4.69) is 0 Å². The van der Waals surface area contributed by atoms with Gasteiger partial charge in [0.2, 0.25) is 0 Å². The Balaban J connectivity index is 2.35. The number of ether oxygens (including phenoxy) is 1. The minimum atomic E-state index is -0.978. The van der Waals surface area contributed by atoms with Gasteiger partial charge >= 0.3 is 5.97 Å². The van der Waals surface area contributed by atoms with Gasteiger partial charge in [0, 0.05) is 0 Å². The number of rotatable bonds is 2. The van der Waals surface area contributed by atoms with Gasteiger partial charge in [0.1, 0.15) is 6.04 Å². The van der Waals surface area contributed by atoms with E-state index in [1.54, 1.807) is 18.6 Å². The molecule has 74 valence electrons. The maximum Gasteiger partial charge on any atom is 0.324 e. The predicted octanol–water partition coefficient (Wildman–Crippen LogP) is 0.916. The Hall–Kier alpha value is -1.55. The summed E-state index contributed by atoms with van der Waals surface area (Å²) in [5.41, 5.74) is 8.34. The molecule has 0 radical (unpaired) electrons. The van der Waals surface area contributed by atoms with Crippen molar-refractivity contribution in [3.63, 3.8) is 0 Å². The lowest BCUT2D eigenvalue weighted by atomic mass is 10.0. The highest BCUT2D eigenvalue weighted by atomic mass is 16.5. The lowest BCUT2D eigenvalue weighted by Crippen LogP contribution is -2.32. The Bertz CT molecular complexity index is 366. The Morgan fingerprint density at radius 3 is 3.07 bits per heavy atom. The molecule has 0 aromatic carbocycles. The summed E-state index contributed by atoms with van der Waals surface area (Å²) >= 11 is 0. The number of allylic oxidation sites excluding steroid dienone is 3. The largest absolute Gasteiger partial charge is 0.480 e. The van der Waals surface area contributed by atoms with Crippen LogP contribution in [0.15, 0.2) is 35.3 Å². The third kappa shape index (κ3) is 1.33. The first-order chi connectivity index (χ1) is 6.70. The summed E-state index contributed by atoms with van der Waals surface area (Å²) in [6.45, 7) is 0. The molecule has 1 unspecified atom stereocenters. The monoisotopic (exact) mass is 193 g/mol. The summed E-state index contributed by atoms with van der Waals surface area (Å²) in [6.07, 6.45) is 6.49. The predicted molar refractivity (Wildman–Crippen MR) is 50.2 cm³/mol. The highest BCUT2D eigenvalue weighted by Gasteiger charge is 2.27. The van der Waals surface area contributed by atoms with Gasteiger partial charge in [0.05, 0.1) is 12.5 Å². The van der Waals surface area contributed by atoms with Crippen LogP contribution in [0.2, 0.25) is 0 Å². The molecule has 0 amide bonds. The van der Waals surface area contributed by atoms with Crippen LogP contribution in [0.1, 0.15) is 12.8 Å². The number of carboxylic acid groups (broad SMARTS) is 1. The van der Waals surface area contributed by atoms with Gasteiger partial charge in [-0.15, -0.1) is 0 Å². The van der Waals surface area contributed by atoms with Crippen LogP contribution in [0.4, 0.5) is 0 Å².